The van der Waals surface area contributed by atoms with Gasteiger partial charge < -0.3 is 14.8 Å². The Balaban J connectivity index is 1.75. The highest BCUT2D eigenvalue weighted by atomic mass is 32.2. The van der Waals surface area contributed by atoms with Crippen LogP contribution < -0.4 is 5.32 Å². The quantitative estimate of drug-likeness (QED) is 0.417. The van der Waals surface area contributed by atoms with Crippen molar-refractivity contribution in [1.82, 2.24) is 10.3 Å². The molecule has 24 heavy (non-hydrogen) atoms. The first kappa shape index (κ1) is 18.4. The number of nitrogens with one attached hydrogen (secondary N) is 1. The molecule has 2 aromatic rings. The third-order valence-electron chi connectivity index (χ3n) is 2.92. The van der Waals surface area contributed by atoms with E-state index in [1.807, 2.05) is 17.5 Å². The fourth-order valence-electron chi connectivity index (χ4n) is 1.71. The number of rotatable bonds is 9. The number of hydrogen-bond acceptors (Lipinski definition) is 7. The number of aromatic nitrogens is 1. The van der Waals surface area contributed by atoms with Crippen LogP contribution in [-0.2, 0) is 20.0 Å². The smallest absolute Gasteiger partial charge is 0.338 e. The molecule has 8 heteroatoms. The largest absolute Gasteiger partial charge is 0.452 e. The predicted octanol–water partition coefficient (Wildman–Crippen LogP) is 2.35. The van der Waals surface area contributed by atoms with E-state index in [-0.39, 0.29) is 12.5 Å². The highest BCUT2D eigenvalue weighted by Gasteiger charge is 2.10. The number of esters is 1. The van der Waals surface area contributed by atoms with E-state index in [0.29, 0.717) is 18.7 Å². The molecule has 0 aliphatic carbocycles. The van der Waals surface area contributed by atoms with E-state index < -0.39 is 5.97 Å². The standard InChI is InChI=1S/C16H18N2O4S2/c1-21-7-6-17-15(19)8-22-16(20)12-2-4-14(5-3-12)24-10-13-9-23-11-18-13/h2-5,9,11H,6-8,10H2,1H3,(H,17,19). The van der Waals surface area contributed by atoms with Crippen molar-refractivity contribution in [3.8, 4) is 0 Å². The molecule has 1 amide bonds. The normalized spacial score (nSPS) is 10.4. The molecule has 128 valence electrons. The van der Waals surface area contributed by atoms with Crippen molar-refractivity contribution >= 4 is 35.0 Å². The molecule has 0 aliphatic rings. The summed E-state index contributed by atoms with van der Waals surface area (Å²) in [6, 6.07) is 7.08. The highest BCUT2D eigenvalue weighted by molar-refractivity contribution is 7.98. The van der Waals surface area contributed by atoms with Crippen LogP contribution in [0.5, 0.6) is 0 Å². The fourth-order valence-corrected chi connectivity index (χ4v) is 3.18. The van der Waals surface area contributed by atoms with Crippen LogP contribution in [0.3, 0.4) is 0 Å². The maximum absolute atomic E-state index is 11.9. The number of benzene rings is 1. The van der Waals surface area contributed by atoms with Crippen molar-refractivity contribution in [3.05, 3.63) is 46.4 Å². The summed E-state index contributed by atoms with van der Waals surface area (Å²) in [6.07, 6.45) is 0. The van der Waals surface area contributed by atoms with Crippen LogP contribution >= 0.6 is 23.1 Å². The van der Waals surface area contributed by atoms with E-state index in [4.69, 9.17) is 9.47 Å². The van der Waals surface area contributed by atoms with Gasteiger partial charge in [-0.2, -0.15) is 0 Å². The number of thioether (sulfide) groups is 1. The van der Waals surface area contributed by atoms with Crippen LogP contribution in [0, 0.1) is 0 Å². The molecule has 1 aromatic heterocycles. The van der Waals surface area contributed by atoms with Crippen molar-refractivity contribution in [1.29, 1.82) is 0 Å². The summed E-state index contributed by atoms with van der Waals surface area (Å²) in [6.45, 7) is 0.500. The van der Waals surface area contributed by atoms with Crippen molar-refractivity contribution in [2.75, 3.05) is 26.9 Å². The molecule has 0 fully saturated rings. The Morgan fingerprint density at radius 1 is 1.29 bits per heavy atom. The number of carbonyl (C=O) groups excluding carboxylic acids is 2. The minimum absolute atomic E-state index is 0.303. The summed E-state index contributed by atoms with van der Waals surface area (Å²) < 4.78 is 9.79. The number of carbonyl (C=O) groups is 2. The minimum Gasteiger partial charge on any atom is -0.452 e. The molecule has 0 bridgehead atoms. The van der Waals surface area contributed by atoms with Gasteiger partial charge in [-0.3, -0.25) is 4.79 Å². The van der Waals surface area contributed by atoms with Gasteiger partial charge in [0.05, 0.1) is 23.4 Å². The highest BCUT2D eigenvalue weighted by Crippen LogP contribution is 2.23. The summed E-state index contributed by atoms with van der Waals surface area (Å²) in [7, 11) is 1.55. The van der Waals surface area contributed by atoms with Crippen molar-refractivity contribution in [2.45, 2.75) is 10.6 Å². The zero-order valence-electron chi connectivity index (χ0n) is 13.2. The second-order valence-electron chi connectivity index (χ2n) is 4.71. The van der Waals surface area contributed by atoms with Gasteiger partial charge in [0.1, 0.15) is 0 Å². The van der Waals surface area contributed by atoms with Gasteiger partial charge >= 0.3 is 5.97 Å². The Kier molecular flexibility index (Phi) is 7.73. The van der Waals surface area contributed by atoms with Gasteiger partial charge in [-0.25, -0.2) is 9.78 Å². The Labute approximate surface area is 148 Å². The molecular formula is C16H18N2O4S2. The topological polar surface area (TPSA) is 77.5 Å². The molecule has 0 saturated carbocycles. The first-order valence-electron chi connectivity index (χ1n) is 7.21. The van der Waals surface area contributed by atoms with E-state index in [2.05, 4.69) is 10.3 Å². The van der Waals surface area contributed by atoms with Gasteiger partial charge in [0, 0.05) is 29.7 Å². The molecule has 0 saturated heterocycles. The van der Waals surface area contributed by atoms with Gasteiger partial charge in [-0.15, -0.1) is 23.1 Å². The lowest BCUT2D eigenvalue weighted by atomic mass is 10.2. The maximum atomic E-state index is 11.9. The van der Waals surface area contributed by atoms with Crippen LogP contribution in [0.15, 0.2) is 40.1 Å². The number of ether oxygens (including phenoxy) is 2. The molecule has 0 aliphatic heterocycles. The van der Waals surface area contributed by atoms with E-state index >= 15 is 0 Å². The monoisotopic (exact) mass is 366 g/mol. The Bertz CT molecular complexity index is 645. The molecule has 0 unspecified atom stereocenters. The SMILES string of the molecule is COCCNC(=O)COC(=O)c1ccc(SCc2cscn2)cc1. The van der Waals surface area contributed by atoms with E-state index in [9.17, 15) is 9.59 Å². The number of thiazole rings is 1. The third kappa shape index (κ3) is 6.31. The summed E-state index contributed by atoms with van der Waals surface area (Å²) in [5.74, 6) is -0.0849. The zero-order chi connectivity index (χ0) is 17.2. The molecular weight excluding hydrogens is 348 g/mol. The third-order valence-corrected chi connectivity index (χ3v) is 4.60. The summed E-state index contributed by atoms with van der Waals surface area (Å²) in [5.41, 5.74) is 3.26. The van der Waals surface area contributed by atoms with E-state index in [0.717, 1.165) is 16.3 Å². The lowest BCUT2D eigenvalue weighted by molar-refractivity contribution is -0.124. The summed E-state index contributed by atoms with van der Waals surface area (Å²) in [5, 5.41) is 4.59. The molecule has 2 rings (SSSR count). The van der Waals surface area contributed by atoms with Crippen molar-refractivity contribution < 1.29 is 19.1 Å². The lowest BCUT2D eigenvalue weighted by Gasteiger charge is -2.06. The Morgan fingerprint density at radius 3 is 2.75 bits per heavy atom. The van der Waals surface area contributed by atoms with E-state index in [1.165, 1.54) is 0 Å². The number of amides is 1. The molecule has 6 nitrogen and oxygen atoms in total. The first-order valence-corrected chi connectivity index (χ1v) is 9.14. The van der Waals surface area contributed by atoms with Crippen LogP contribution in [0.1, 0.15) is 16.1 Å². The zero-order valence-corrected chi connectivity index (χ0v) is 14.8. The molecule has 0 spiro atoms. The summed E-state index contributed by atoms with van der Waals surface area (Å²) in [4.78, 5) is 28.6. The minimum atomic E-state index is -0.520. The Morgan fingerprint density at radius 2 is 2.08 bits per heavy atom. The second kappa shape index (κ2) is 10.1. The average molecular weight is 366 g/mol. The lowest BCUT2D eigenvalue weighted by Crippen LogP contribution is -2.31. The Hall–Kier alpha value is -1.90. The van der Waals surface area contributed by atoms with Crippen LogP contribution in [0.25, 0.3) is 0 Å². The van der Waals surface area contributed by atoms with Crippen LogP contribution in [0.4, 0.5) is 0 Å². The number of hydrogen-bond donors (Lipinski definition) is 1. The van der Waals surface area contributed by atoms with Gasteiger partial charge in [0.15, 0.2) is 6.61 Å². The maximum Gasteiger partial charge on any atom is 0.338 e. The van der Waals surface area contributed by atoms with Gasteiger partial charge in [0.25, 0.3) is 5.91 Å². The van der Waals surface area contributed by atoms with Gasteiger partial charge in [-0.05, 0) is 24.3 Å². The average Bonchev–Trinajstić information content (AvgIpc) is 3.12. The number of nitrogens with zero attached hydrogens (tertiary/aromatic N) is 1. The van der Waals surface area contributed by atoms with Crippen LogP contribution in [-0.4, -0.2) is 43.7 Å². The first-order chi connectivity index (χ1) is 11.7. The molecule has 1 heterocycles. The fraction of sp³-hybridized carbons (Fsp3) is 0.312. The van der Waals surface area contributed by atoms with E-state index in [1.54, 1.807) is 47.9 Å². The molecule has 0 atom stereocenters. The molecule has 1 aromatic carbocycles. The van der Waals surface area contributed by atoms with Crippen molar-refractivity contribution in [3.63, 3.8) is 0 Å². The number of methoxy groups -OCH3 is 1. The molecule has 1 N–H and O–H groups in total. The molecule has 0 radical (unpaired) electrons. The predicted molar refractivity (Wildman–Crippen MR) is 93.3 cm³/mol. The van der Waals surface area contributed by atoms with Gasteiger partial charge in [-0.1, -0.05) is 0 Å². The van der Waals surface area contributed by atoms with Crippen LogP contribution in [0.2, 0.25) is 0 Å². The summed E-state index contributed by atoms with van der Waals surface area (Å²) >= 11 is 3.21. The second-order valence-corrected chi connectivity index (χ2v) is 6.48. The van der Waals surface area contributed by atoms with Gasteiger partial charge in [0.2, 0.25) is 0 Å². The van der Waals surface area contributed by atoms with Crippen molar-refractivity contribution in [2.24, 2.45) is 0 Å².